The smallest absolute Gasteiger partial charge is 0.260 e. The van der Waals surface area contributed by atoms with Gasteiger partial charge in [-0.3, -0.25) is 14.7 Å². The summed E-state index contributed by atoms with van der Waals surface area (Å²) >= 11 is 0. The van der Waals surface area contributed by atoms with Crippen LogP contribution in [0.4, 0.5) is 5.69 Å². The zero-order valence-electron chi connectivity index (χ0n) is 16.2. The molecule has 0 spiro atoms. The Morgan fingerprint density at radius 3 is 2.48 bits per heavy atom. The molecule has 2 heterocycles. The van der Waals surface area contributed by atoms with Gasteiger partial charge in [0, 0.05) is 11.6 Å². The molecule has 1 amide bonds. The van der Waals surface area contributed by atoms with Crippen LogP contribution >= 0.6 is 0 Å². The molecule has 0 saturated heterocycles. The molecule has 0 bridgehead atoms. The largest absolute Gasteiger partial charge is 0.294 e. The average Bonchev–Trinajstić information content (AvgIpc) is 2.76. The van der Waals surface area contributed by atoms with E-state index >= 15 is 0 Å². The van der Waals surface area contributed by atoms with E-state index in [1.165, 1.54) is 0 Å². The Bertz CT molecular complexity index is 1250. The highest BCUT2D eigenvalue weighted by Crippen LogP contribution is 2.45. The highest BCUT2D eigenvalue weighted by atomic mass is 16.2. The van der Waals surface area contributed by atoms with Gasteiger partial charge in [0.2, 0.25) is 0 Å². The third kappa shape index (κ3) is 2.66. The van der Waals surface area contributed by atoms with Crippen molar-refractivity contribution in [3.05, 3.63) is 114 Å². The van der Waals surface area contributed by atoms with Gasteiger partial charge in [0.25, 0.3) is 5.91 Å². The van der Waals surface area contributed by atoms with E-state index in [2.05, 4.69) is 23.7 Å². The first-order chi connectivity index (χ1) is 14.2. The number of rotatable bonds is 2. The molecule has 5 rings (SSSR count). The number of anilines is 1. The first-order valence-electron chi connectivity index (χ1n) is 9.68. The van der Waals surface area contributed by atoms with Crippen LogP contribution in [0, 0.1) is 6.92 Å². The summed E-state index contributed by atoms with van der Waals surface area (Å²) < 4.78 is 0. The van der Waals surface area contributed by atoms with Gasteiger partial charge in [-0.25, -0.2) is 0 Å². The molecule has 1 aliphatic rings. The Labute approximate surface area is 169 Å². The Balaban J connectivity index is 1.82. The van der Waals surface area contributed by atoms with Crippen LogP contribution in [-0.4, -0.2) is 10.9 Å². The SMILES string of the molecule is C=C1c2cccc(C)c2C(=O)N(c2cccc3cccnc23)C1c1ccccc1. The highest BCUT2D eigenvalue weighted by molar-refractivity contribution is 6.17. The Morgan fingerprint density at radius 1 is 0.897 bits per heavy atom. The number of carbonyl (C=O) groups is 1. The number of carbonyl (C=O) groups excluding carboxylic acids is 1. The number of benzene rings is 3. The second-order valence-corrected chi connectivity index (χ2v) is 7.36. The van der Waals surface area contributed by atoms with Gasteiger partial charge in [0.1, 0.15) is 0 Å². The number of hydrogen-bond acceptors (Lipinski definition) is 2. The number of para-hydroxylation sites is 1. The van der Waals surface area contributed by atoms with E-state index in [1.807, 2.05) is 78.6 Å². The fourth-order valence-corrected chi connectivity index (χ4v) is 4.28. The topological polar surface area (TPSA) is 33.2 Å². The number of hydrogen-bond donors (Lipinski definition) is 0. The van der Waals surface area contributed by atoms with Crippen molar-refractivity contribution in [2.75, 3.05) is 4.90 Å². The lowest BCUT2D eigenvalue weighted by Crippen LogP contribution is -2.40. The van der Waals surface area contributed by atoms with E-state index in [0.717, 1.165) is 44.4 Å². The van der Waals surface area contributed by atoms with E-state index < -0.39 is 0 Å². The van der Waals surface area contributed by atoms with Crippen LogP contribution < -0.4 is 4.90 Å². The summed E-state index contributed by atoms with van der Waals surface area (Å²) in [5.41, 5.74) is 6.17. The Kier molecular flexibility index (Phi) is 4.02. The molecule has 1 aliphatic heterocycles. The number of aromatic nitrogens is 1. The van der Waals surface area contributed by atoms with E-state index in [0.29, 0.717) is 0 Å². The summed E-state index contributed by atoms with van der Waals surface area (Å²) in [4.78, 5) is 20.3. The van der Waals surface area contributed by atoms with Gasteiger partial charge >= 0.3 is 0 Å². The minimum Gasteiger partial charge on any atom is -0.294 e. The zero-order valence-corrected chi connectivity index (χ0v) is 16.2. The lowest BCUT2D eigenvalue weighted by atomic mass is 9.83. The second kappa shape index (κ2) is 6.71. The lowest BCUT2D eigenvalue weighted by molar-refractivity contribution is 0.0977. The molecule has 0 fully saturated rings. The molecular formula is C26H20N2O. The summed E-state index contributed by atoms with van der Waals surface area (Å²) in [7, 11) is 0. The second-order valence-electron chi connectivity index (χ2n) is 7.36. The van der Waals surface area contributed by atoms with E-state index in [1.54, 1.807) is 6.20 Å². The molecule has 4 aromatic rings. The predicted molar refractivity (Wildman–Crippen MR) is 118 cm³/mol. The van der Waals surface area contributed by atoms with Crippen molar-refractivity contribution in [1.82, 2.24) is 4.98 Å². The van der Waals surface area contributed by atoms with Gasteiger partial charge in [-0.15, -0.1) is 0 Å². The lowest BCUT2D eigenvalue weighted by Gasteiger charge is -2.39. The van der Waals surface area contributed by atoms with Crippen LogP contribution in [0.15, 0.2) is 91.6 Å². The van der Waals surface area contributed by atoms with Crippen molar-refractivity contribution in [2.24, 2.45) is 0 Å². The Hall–Kier alpha value is -3.72. The molecule has 29 heavy (non-hydrogen) atoms. The maximum absolute atomic E-state index is 13.9. The third-order valence-corrected chi connectivity index (χ3v) is 5.63. The summed E-state index contributed by atoms with van der Waals surface area (Å²) in [5.74, 6) is -0.0162. The molecule has 1 atom stereocenters. The molecule has 140 valence electrons. The van der Waals surface area contributed by atoms with E-state index in [4.69, 9.17) is 0 Å². The van der Waals surface area contributed by atoms with Crippen LogP contribution in [-0.2, 0) is 0 Å². The van der Waals surface area contributed by atoms with Gasteiger partial charge in [-0.2, -0.15) is 0 Å². The first kappa shape index (κ1) is 17.4. The quantitative estimate of drug-likeness (QED) is 0.432. The minimum atomic E-state index is -0.286. The molecule has 1 unspecified atom stereocenters. The third-order valence-electron chi connectivity index (χ3n) is 5.63. The van der Waals surface area contributed by atoms with Crippen LogP contribution in [0.25, 0.3) is 16.5 Å². The van der Waals surface area contributed by atoms with Gasteiger partial charge in [0.05, 0.1) is 22.8 Å². The molecule has 0 saturated carbocycles. The molecule has 1 aromatic heterocycles. The number of pyridine rings is 1. The summed E-state index contributed by atoms with van der Waals surface area (Å²) in [6.45, 7) is 6.41. The monoisotopic (exact) mass is 376 g/mol. The molecule has 3 nitrogen and oxygen atoms in total. The first-order valence-corrected chi connectivity index (χ1v) is 9.68. The molecule has 0 N–H and O–H groups in total. The van der Waals surface area contributed by atoms with Crippen molar-refractivity contribution in [3.63, 3.8) is 0 Å². The number of nitrogens with zero attached hydrogens (tertiary/aromatic N) is 2. The highest BCUT2D eigenvalue weighted by Gasteiger charge is 2.38. The molecular weight excluding hydrogens is 356 g/mol. The number of aryl methyl sites for hydroxylation is 1. The van der Waals surface area contributed by atoms with Gasteiger partial charge in [-0.05, 0) is 41.3 Å². The summed E-state index contributed by atoms with van der Waals surface area (Å²) in [6.07, 6.45) is 1.77. The normalized spacial score (nSPS) is 16.2. The molecule has 0 radical (unpaired) electrons. The standard InChI is InChI=1S/C26H20N2O/c1-17-9-6-14-21-18(2)25(20-10-4-3-5-11-20)28(26(29)23(17)21)22-15-7-12-19-13-8-16-27-24(19)22/h3-16,25H,2H2,1H3. The number of amides is 1. The predicted octanol–water partition coefficient (Wildman–Crippen LogP) is 5.96. The van der Waals surface area contributed by atoms with Gasteiger partial charge in [0.15, 0.2) is 0 Å². The van der Waals surface area contributed by atoms with Crippen molar-refractivity contribution in [2.45, 2.75) is 13.0 Å². The van der Waals surface area contributed by atoms with Crippen LogP contribution in [0.3, 0.4) is 0 Å². The number of fused-ring (bicyclic) bond motifs is 2. The Morgan fingerprint density at radius 2 is 1.66 bits per heavy atom. The maximum Gasteiger partial charge on any atom is 0.260 e. The van der Waals surface area contributed by atoms with Gasteiger partial charge in [-0.1, -0.05) is 73.3 Å². The molecule has 3 heteroatoms. The van der Waals surface area contributed by atoms with Crippen molar-refractivity contribution in [1.29, 1.82) is 0 Å². The van der Waals surface area contributed by atoms with Crippen molar-refractivity contribution in [3.8, 4) is 0 Å². The molecule has 0 aliphatic carbocycles. The van der Waals surface area contributed by atoms with E-state index in [9.17, 15) is 4.79 Å². The maximum atomic E-state index is 13.9. The minimum absolute atomic E-state index is 0.0162. The summed E-state index contributed by atoms with van der Waals surface area (Å²) in [6, 6.07) is 25.7. The summed E-state index contributed by atoms with van der Waals surface area (Å²) in [5, 5.41) is 1.01. The van der Waals surface area contributed by atoms with Crippen molar-refractivity contribution >= 4 is 28.1 Å². The molecule has 3 aromatic carbocycles. The zero-order chi connectivity index (χ0) is 20.0. The van der Waals surface area contributed by atoms with E-state index in [-0.39, 0.29) is 11.9 Å². The fraction of sp³-hybridized carbons (Fsp3) is 0.0769. The van der Waals surface area contributed by atoms with Gasteiger partial charge < -0.3 is 0 Å². The average molecular weight is 376 g/mol. The van der Waals surface area contributed by atoms with Crippen LogP contribution in [0.5, 0.6) is 0 Å². The van der Waals surface area contributed by atoms with Crippen molar-refractivity contribution < 1.29 is 4.79 Å². The fourth-order valence-electron chi connectivity index (χ4n) is 4.28. The van der Waals surface area contributed by atoms with Crippen LogP contribution in [0.2, 0.25) is 0 Å². The van der Waals surface area contributed by atoms with Crippen LogP contribution in [0.1, 0.15) is 33.1 Å².